The zero-order chi connectivity index (χ0) is 8.97. The third-order valence-corrected chi connectivity index (χ3v) is 1.29. The Morgan fingerprint density at radius 3 is 2.83 bits per heavy atom. The topological polar surface area (TPSA) is 33.5 Å². The first-order valence-electron chi connectivity index (χ1n) is 3.62. The second-order valence-corrected chi connectivity index (χ2v) is 2.62. The van der Waals surface area contributed by atoms with Crippen LogP contribution in [0.3, 0.4) is 0 Å². The van der Waals surface area contributed by atoms with Crippen LogP contribution in [0.15, 0.2) is 35.1 Å². The van der Waals surface area contributed by atoms with Gasteiger partial charge in [-0.3, -0.25) is 4.79 Å². The first kappa shape index (κ1) is 8.59. The van der Waals surface area contributed by atoms with Crippen molar-refractivity contribution in [2.75, 3.05) is 14.1 Å². The predicted octanol–water partition coefficient (Wildman–Crippen LogP) is 1.54. The maximum atomic E-state index is 11.2. The summed E-state index contributed by atoms with van der Waals surface area (Å²) in [5.74, 6) is 0.252. The molecule has 0 fully saturated rings. The van der Waals surface area contributed by atoms with Gasteiger partial charge in [-0.25, -0.2) is 0 Å². The third kappa shape index (κ3) is 2.27. The molecule has 64 valence electrons. The smallest absolute Gasteiger partial charge is 0.222 e. The van der Waals surface area contributed by atoms with E-state index in [-0.39, 0.29) is 5.78 Å². The first-order valence-corrected chi connectivity index (χ1v) is 3.62. The van der Waals surface area contributed by atoms with E-state index >= 15 is 0 Å². The number of rotatable bonds is 3. The number of nitrogens with zero attached hydrogens (tertiary/aromatic N) is 1. The Hall–Kier alpha value is -1.51. The van der Waals surface area contributed by atoms with Crippen molar-refractivity contribution in [2.24, 2.45) is 0 Å². The molecule has 3 heteroatoms. The minimum absolute atomic E-state index is 0.117. The molecular formula is C9H11NO2. The number of hydrogen-bond donors (Lipinski definition) is 0. The summed E-state index contributed by atoms with van der Waals surface area (Å²) < 4.78 is 4.91. The Kier molecular flexibility index (Phi) is 2.69. The molecule has 0 amide bonds. The normalized spacial score (nSPS) is 10.5. The van der Waals surface area contributed by atoms with Crippen molar-refractivity contribution < 1.29 is 9.21 Å². The van der Waals surface area contributed by atoms with Crippen molar-refractivity contribution in [3.8, 4) is 0 Å². The van der Waals surface area contributed by atoms with Gasteiger partial charge in [0, 0.05) is 26.4 Å². The van der Waals surface area contributed by atoms with Crippen LogP contribution in [0.4, 0.5) is 0 Å². The molecule has 0 aliphatic heterocycles. The van der Waals surface area contributed by atoms with Crippen LogP contribution in [0.25, 0.3) is 0 Å². The molecule has 1 heterocycles. The highest BCUT2D eigenvalue weighted by Gasteiger charge is 2.02. The largest absolute Gasteiger partial charge is 0.461 e. The molecule has 12 heavy (non-hydrogen) atoms. The summed E-state index contributed by atoms with van der Waals surface area (Å²) in [6, 6.07) is 3.33. The molecule has 0 atom stereocenters. The summed E-state index contributed by atoms with van der Waals surface area (Å²) >= 11 is 0. The molecular weight excluding hydrogens is 154 g/mol. The van der Waals surface area contributed by atoms with E-state index in [4.69, 9.17) is 4.42 Å². The van der Waals surface area contributed by atoms with Crippen LogP contribution in [0.1, 0.15) is 10.6 Å². The molecule has 0 radical (unpaired) electrons. The maximum absolute atomic E-state index is 11.2. The van der Waals surface area contributed by atoms with Crippen molar-refractivity contribution in [1.29, 1.82) is 0 Å². The lowest BCUT2D eigenvalue weighted by molar-refractivity contribution is 0.102. The van der Waals surface area contributed by atoms with Gasteiger partial charge in [0.05, 0.1) is 6.26 Å². The number of ketones is 1. The Morgan fingerprint density at radius 1 is 1.58 bits per heavy atom. The van der Waals surface area contributed by atoms with Gasteiger partial charge in [0.1, 0.15) is 0 Å². The fourth-order valence-electron chi connectivity index (χ4n) is 0.718. The van der Waals surface area contributed by atoms with E-state index in [1.807, 2.05) is 14.1 Å². The molecule has 0 saturated carbocycles. The van der Waals surface area contributed by atoms with Gasteiger partial charge >= 0.3 is 0 Å². The summed E-state index contributed by atoms with van der Waals surface area (Å²) in [4.78, 5) is 13.0. The highest BCUT2D eigenvalue weighted by molar-refractivity contribution is 6.02. The zero-order valence-corrected chi connectivity index (χ0v) is 7.15. The lowest BCUT2D eigenvalue weighted by Gasteiger charge is -2.01. The molecule has 1 aromatic heterocycles. The molecule has 0 spiro atoms. The fourth-order valence-corrected chi connectivity index (χ4v) is 0.718. The average Bonchev–Trinajstić information content (AvgIpc) is 2.51. The monoisotopic (exact) mass is 165 g/mol. The van der Waals surface area contributed by atoms with Crippen molar-refractivity contribution in [1.82, 2.24) is 4.90 Å². The van der Waals surface area contributed by atoms with Gasteiger partial charge < -0.3 is 9.32 Å². The number of allylic oxidation sites excluding steroid dienone is 1. The van der Waals surface area contributed by atoms with E-state index in [0.717, 1.165) is 0 Å². The molecule has 1 rings (SSSR count). The summed E-state index contributed by atoms with van der Waals surface area (Å²) in [5.41, 5.74) is 0. The highest BCUT2D eigenvalue weighted by Crippen LogP contribution is 2.01. The van der Waals surface area contributed by atoms with Crippen LogP contribution in [-0.4, -0.2) is 24.8 Å². The third-order valence-electron chi connectivity index (χ3n) is 1.29. The van der Waals surface area contributed by atoms with Gasteiger partial charge in [-0.15, -0.1) is 0 Å². The molecule has 1 aromatic rings. The van der Waals surface area contributed by atoms with E-state index in [1.54, 1.807) is 23.2 Å². The van der Waals surface area contributed by atoms with Crippen molar-refractivity contribution in [3.63, 3.8) is 0 Å². The van der Waals surface area contributed by atoms with Crippen LogP contribution in [0.5, 0.6) is 0 Å². The molecule has 0 aliphatic carbocycles. The summed E-state index contributed by atoms with van der Waals surface area (Å²) in [5, 5.41) is 0. The summed E-state index contributed by atoms with van der Waals surface area (Å²) in [6.45, 7) is 0. The second kappa shape index (κ2) is 3.76. The van der Waals surface area contributed by atoms with Crippen LogP contribution < -0.4 is 0 Å². The number of carbonyl (C=O) groups is 1. The van der Waals surface area contributed by atoms with Gasteiger partial charge in [-0.05, 0) is 12.1 Å². The van der Waals surface area contributed by atoms with Crippen LogP contribution in [0.2, 0.25) is 0 Å². The molecule has 0 aliphatic rings. The molecule has 0 N–H and O–H groups in total. The Morgan fingerprint density at radius 2 is 2.33 bits per heavy atom. The first-order chi connectivity index (χ1) is 5.70. The van der Waals surface area contributed by atoms with E-state index in [2.05, 4.69) is 0 Å². The minimum atomic E-state index is -0.117. The molecule has 0 unspecified atom stereocenters. The van der Waals surface area contributed by atoms with Gasteiger partial charge in [0.15, 0.2) is 5.76 Å². The number of hydrogen-bond acceptors (Lipinski definition) is 3. The SMILES string of the molecule is CN(C)/C=C/C(=O)c1ccco1. The van der Waals surface area contributed by atoms with Crippen molar-refractivity contribution in [2.45, 2.75) is 0 Å². The van der Waals surface area contributed by atoms with Crippen LogP contribution in [-0.2, 0) is 0 Å². The quantitative estimate of drug-likeness (QED) is 0.503. The number of carbonyl (C=O) groups excluding carboxylic acids is 1. The second-order valence-electron chi connectivity index (χ2n) is 2.62. The standard InChI is InChI=1S/C9H11NO2/c1-10(2)6-5-8(11)9-4-3-7-12-9/h3-7H,1-2H3/b6-5+. The Balaban J connectivity index is 2.62. The van der Waals surface area contributed by atoms with Gasteiger partial charge in [0.25, 0.3) is 0 Å². The highest BCUT2D eigenvalue weighted by atomic mass is 16.3. The van der Waals surface area contributed by atoms with Gasteiger partial charge in [-0.2, -0.15) is 0 Å². The van der Waals surface area contributed by atoms with Gasteiger partial charge in [-0.1, -0.05) is 0 Å². The Labute approximate surface area is 71.3 Å². The maximum Gasteiger partial charge on any atom is 0.222 e. The van der Waals surface area contributed by atoms with Crippen molar-refractivity contribution >= 4 is 5.78 Å². The van der Waals surface area contributed by atoms with Gasteiger partial charge in [0.2, 0.25) is 5.78 Å². The predicted molar refractivity (Wildman–Crippen MR) is 45.9 cm³/mol. The lowest BCUT2D eigenvalue weighted by atomic mass is 10.3. The Bertz CT molecular complexity index is 273. The van der Waals surface area contributed by atoms with E-state index in [9.17, 15) is 4.79 Å². The molecule has 0 bridgehead atoms. The number of furan rings is 1. The van der Waals surface area contributed by atoms with Crippen molar-refractivity contribution in [3.05, 3.63) is 36.4 Å². The van der Waals surface area contributed by atoms with Crippen LogP contribution >= 0.6 is 0 Å². The van der Waals surface area contributed by atoms with E-state index in [1.165, 1.54) is 12.3 Å². The summed E-state index contributed by atoms with van der Waals surface area (Å²) in [6.07, 6.45) is 4.64. The fraction of sp³-hybridized carbons (Fsp3) is 0.222. The minimum Gasteiger partial charge on any atom is -0.461 e. The van der Waals surface area contributed by atoms with Crippen LogP contribution in [0, 0.1) is 0 Å². The zero-order valence-electron chi connectivity index (χ0n) is 7.15. The van der Waals surface area contributed by atoms with E-state index < -0.39 is 0 Å². The molecule has 0 saturated heterocycles. The molecule has 3 nitrogen and oxygen atoms in total. The molecule has 0 aromatic carbocycles. The summed E-state index contributed by atoms with van der Waals surface area (Å²) in [7, 11) is 3.71. The average molecular weight is 165 g/mol. The lowest BCUT2D eigenvalue weighted by Crippen LogP contribution is -2.02. The van der Waals surface area contributed by atoms with E-state index in [0.29, 0.717) is 5.76 Å².